The average Bonchev–Trinajstić information content (AvgIpc) is 3.13. The molecule has 0 radical (unpaired) electrons. The van der Waals surface area contributed by atoms with Crippen LogP contribution in [0.3, 0.4) is 0 Å². The monoisotopic (exact) mass is 470 g/mol. The van der Waals surface area contributed by atoms with Crippen molar-refractivity contribution >= 4 is 5.97 Å². The summed E-state index contributed by atoms with van der Waals surface area (Å²) < 4.78 is 91.1. The predicted molar refractivity (Wildman–Crippen MR) is 100 cm³/mol. The van der Waals surface area contributed by atoms with Crippen LogP contribution >= 0.6 is 0 Å². The van der Waals surface area contributed by atoms with E-state index in [0.29, 0.717) is 57.8 Å². The van der Waals surface area contributed by atoms with Crippen LogP contribution in [0.25, 0.3) is 0 Å². The minimum Gasteiger partial charge on any atom is -0.456 e. The van der Waals surface area contributed by atoms with E-state index in [4.69, 9.17) is 9.47 Å². The summed E-state index contributed by atoms with van der Waals surface area (Å²) >= 11 is 0. The molecular weight excluding hydrogens is 442 g/mol. The molecule has 0 aromatic carbocycles. The molecular formula is C22H28F6O4. The first-order chi connectivity index (χ1) is 14.7. The molecule has 5 rings (SSSR count). The minimum atomic E-state index is -5.92. The Labute approximate surface area is 182 Å². The first kappa shape index (κ1) is 23.9. The summed E-state index contributed by atoms with van der Waals surface area (Å²) in [5.74, 6) is -0.245. The van der Waals surface area contributed by atoms with E-state index >= 15 is 0 Å². The fraction of sp³-hybridized carbons (Fsp3) is 0.864. The maximum Gasteiger partial charge on any atom is 0.428 e. The van der Waals surface area contributed by atoms with Gasteiger partial charge in [0.1, 0.15) is 5.60 Å². The normalized spacial score (nSPS) is 36.3. The van der Waals surface area contributed by atoms with Crippen LogP contribution in [0.2, 0.25) is 0 Å². The van der Waals surface area contributed by atoms with Crippen molar-refractivity contribution in [3.63, 3.8) is 0 Å². The zero-order chi connectivity index (χ0) is 23.6. The van der Waals surface area contributed by atoms with E-state index < -0.39 is 47.1 Å². The molecule has 0 amide bonds. The van der Waals surface area contributed by atoms with Crippen LogP contribution < -0.4 is 0 Å². The van der Waals surface area contributed by atoms with Crippen molar-refractivity contribution < 1.29 is 45.7 Å². The molecule has 0 heterocycles. The first-order valence-corrected chi connectivity index (χ1v) is 11.0. The minimum absolute atomic E-state index is 0.166. The summed E-state index contributed by atoms with van der Waals surface area (Å²) in [4.78, 5) is 12.0. The maximum absolute atomic E-state index is 13.3. The maximum atomic E-state index is 13.3. The Morgan fingerprint density at radius 2 is 1.53 bits per heavy atom. The van der Waals surface area contributed by atoms with Gasteiger partial charge >= 0.3 is 18.3 Å². The molecule has 5 saturated carbocycles. The Hall–Kier alpha value is -1.29. The van der Waals surface area contributed by atoms with E-state index in [1.165, 1.54) is 0 Å². The standard InChI is InChI=1S/C22H28F6O4/c1-2-16(29)32-18-10-14-7-15(11-18)9-17(8-14,12-18)19(5-3-4-6-19)31-13-20(30,21(23,24)25)22(26,27)28/h2,14-15,30H,1,3-13H2. The number of hydrogen-bond acceptors (Lipinski definition) is 4. The second-order valence-electron chi connectivity index (χ2n) is 10.4. The van der Waals surface area contributed by atoms with Gasteiger partial charge in [-0.15, -0.1) is 0 Å². The number of halogens is 6. The molecule has 5 aliphatic rings. The lowest BCUT2D eigenvalue weighted by Gasteiger charge is -2.66. The molecule has 4 nitrogen and oxygen atoms in total. The number of carbonyl (C=O) groups excluding carboxylic acids is 1. The van der Waals surface area contributed by atoms with E-state index in [-0.39, 0.29) is 11.8 Å². The van der Waals surface area contributed by atoms with E-state index in [0.717, 1.165) is 12.5 Å². The summed E-state index contributed by atoms with van der Waals surface area (Å²) in [7, 11) is 0. The van der Waals surface area contributed by atoms with Gasteiger partial charge in [-0.3, -0.25) is 0 Å². The van der Waals surface area contributed by atoms with Crippen molar-refractivity contribution in [2.24, 2.45) is 17.3 Å². The van der Waals surface area contributed by atoms with Crippen LogP contribution in [-0.4, -0.2) is 46.8 Å². The fourth-order valence-electron chi connectivity index (χ4n) is 7.43. The largest absolute Gasteiger partial charge is 0.456 e. The second kappa shape index (κ2) is 7.35. The molecule has 0 aromatic rings. The molecule has 4 bridgehead atoms. The number of aliphatic hydroxyl groups is 1. The van der Waals surface area contributed by atoms with E-state index in [9.17, 15) is 36.2 Å². The number of hydrogen-bond donors (Lipinski definition) is 1. The Morgan fingerprint density at radius 1 is 1.00 bits per heavy atom. The third-order valence-electron chi connectivity index (χ3n) is 8.36. The van der Waals surface area contributed by atoms with Crippen LogP contribution in [0.1, 0.15) is 64.2 Å². The molecule has 0 saturated heterocycles. The van der Waals surface area contributed by atoms with E-state index in [2.05, 4.69) is 6.58 Å². The topological polar surface area (TPSA) is 55.8 Å². The molecule has 0 aromatic heterocycles. The smallest absolute Gasteiger partial charge is 0.428 e. The van der Waals surface area contributed by atoms with Crippen molar-refractivity contribution in [1.29, 1.82) is 0 Å². The lowest BCUT2D eigenvalue weighted by Crippen LogP contribution is -2.66. The van der Waals surface area contributed by atoms with Crippen molar-refractivity contribution in [2.75, 3.05) is 6.61 Å². The highest BCUT2D eigenvalue weighted by Crippen LogP contribution is 2.69. The highest BCUT2D eigenvalue weighted by molar-refractivity contribution is 5.81. The van der Waals surface area contributed by atoms with Gasteiger partial charge in [-0.05, 0) is 63.2 Å². The Balaban J connectivity index is 1.66. The summed E-state index contributed by atoms with van der Waals surface area (Å²) in [5, 5.41) is 9.69. The number of ether oxygens (including phenoxy) is 2. The van der Waals surface area contributed by atoms with E-state index in [1.807, 2.05) is 0 Å². The van der Waals surface area contributed by atoms with Crippen molar-refractivity contribution in [1.82, 2.24) is 0 Å². The molecule has 10 heteroatoms. The van der Waals surface area contributed by atoms with Crippen LogP contribution in [0, 0.1) is 17.3 Å². The highest BCUT2D eigenvalue weighted by atomic mass is 19.4. The molecule has 0 aliphatic heterocycles. The third-order valence-corrected chi connectivity index (χ3v) is 8.36. The van der Waals surface area contributed by atoms with Crippen molar-refractivity contribution in [3.8, 4) is 0 Å². The molecule has 2 atom stereocenters. The van der Waals surface area contributed by atoms with Gasteiger partial charge in [0, 0.05) is 11.5 Å². The molecule has 1 N–H and O–H groups in total. The summed E-state index contributed by atoms with van der Waals surface area (Å²) in [6.45, 7) is 1.54. The van der Waals surface area contributed by atoms with Crippen molar-refractivity contribution in [2.45, 2.75) is 93.4 Å². The van der Waals surface area contributed by atoms with Gasteiger partial charge in [-0.2, -0.15) is 26.3 Å². The van der Waals surface area contributed by atoms with Gasteiger partial charge in [0.15, 0.2) is 0 Å². The highest BCUT2D eigenvalue weighted by Gasteiger charge is 2.73. The Morgan fingerprint density at radius 3 is 2.00 bits per heavy atom. The van der Waals surface area contributed by atoms with Gasteiger partial charge in [-0.1, -0.05) is 19.4 Å². The van der Waals surface area contributed by atoms with Crippen LogP contribution in [0.15, 0.2) is 12.7 Å². The molecule has 5 aliphatic carbocycles. The average molecular weight is 470 g/mol. The Bertz CT molecular complexity index is 739. The van der Waals surface area contributed by atoms with Gasteiger partial charge < -0.3 is 14.6 Å². The number of carbonyl (C=O) groups is 1. The zero-order valence-corrected chi connectivity index (χ0v) is 17.7. The first-order valence-electron chi connectivity index (χ1n) is 11.0. The lowest BCUT2D eigenvalue weighted by atomic mass is 9.43. The lowest BCUT2D eigenvalue weighted by molar-refractivity contribution is -0.387. The van der Waals surface area contributed by atoms with Gasteiger partial charge in [0.2, 0.25) is 0 Å². The third kappa shape index (κ3) is 3.56. The Kier molecular flexibility index (Phi) is 5.48. The molecule has 182 valence electrons. The quantitative estimate of drug-likeness (QED) is 0.328. The number of esters is 1. The second-order valence-corrected chi connectivity index (χ2v) is 10.4. The van der Waals surface area contributed by atoms with Crippen LogP contribution in [0.5, 0.6) is 0 Å². The molecule has 32 heavy (non-hydrogen) atoms. The molecule has 5 fully saturated rings. The van der Waals surface area contributed by atoms with Gasteiger partial charge in [-0.25, -0.2) is 4.79 Å². The van der Waals surface area contributed by atoms with Crippen LogP contribution in [-0.2, 0) is 14.3 Å². The van der Waals surface area contributed by atoms with E-state index in [1.54, 1.807) is 0 Å². The summed E-state index contributed by atoms with van der Waals surface area (Å²) in [6, 6.07) is 0. The summed E-state index contributed by atoms with van der Waals surface area (Å²) in [5.41, 5.74) is -7.64. The number of rotatable bonds is 6. The molecule has 0 spiro atoms. The van der Waals surface area contributed by atoms with Gasteiger partial charge in [0.05, 0.1) is 12.2 Å². The predicted octanol–water partition coefficient (Wildman–Crippen LogP) is 5.24. The fourth-order valence-corrected chi connectivity index (χ4v) is 7.43. The van der Waals surface area contributed by atoms with Gasteiger partial charge in [0.25, 0.3) is 5.60 Å². The SMILES string of the molecule is C=CC(=O)OC12CC3CC(C1)CC(C1(OCC(O)(C(F)(F)F)C(F)(F)F)CCCC1)(C3)C2. The zero-order valence-electron chi connectivity index (χ0n) is 17.7. The number of alkyl halides is 6. The summed E-state index contributed by atoms with van der Waals surface area (Å²) in [6.07, 6.45) is -5.14. The van der Waals surface area contributed by atoms with Crippen molar-refractivity contribution in [3.05, 3.63) is 12.7 Å². The molecule has 2 unspecified atom stereocenters. The van der Waals surface area contributed by atoms with Crippen LogP contribution in [0.4, 0.5) is 26.3 Å².